The lowest BCUT2D eigenvalue weighted by Crippen LogP contribution is -2.40. The first-order valence-corrected chi connectivity index (χ1v) is 19.5. The lowest BCUT2D eigenvalue weighted by molar-refractivity contribution is 0.0454. The molecular weight excluding hydrogens is 684 g/mol. The van der Waals surface area contributed by atoms with E-state index in [0.717, 1.165) is 68.8 Å². The molecule has 2 fully saturated rings. The van der Waals surface area contributed by atoms with Crippen molar-refractivity contribution in [1.29, 1.82) is 0 Å². The average molecular weight is 729 g/mol. The molecule has 5 heterocycles. The number of anilines is 1. The minimum atomic E-state index is -3.66. The van der Waals surface area contributed by atoms with Gasteiger partial charge in [0.05, 0.1) is 17.7 Å². The number of hydrogen-bond donors (Lipinski definition) is 2. The van der Waals surface area contributed by atoms with E-state index in [1.54, 1.807) is 35.3 Å². The number of carbonyl (C=O) groups is 1. The number of halogens is 1. The highest BCUT2D eigenvalue weighted by Crippen LogP contribution is 2.34. The molecule has 2 aliphatic rings. The normalized spacial score (nSPS) is 16.0. The van der Waals surface area contributed by atoms with Crippen molar-refractivity contribution >= 4 is 32.7 Å². The molecule has 0 unspecified atom stereocenters. The molecule has 7 rings (SSSR count). The second kappa shape index (κ2) is 15.5. The number of esters is 1. The Morgan fingerprint density at radius 3 is 2.58 bits per heavy atom. The standard InChI is InChI=1S/C38H45FN8O4S/c1-26(2)25-51-38(48)36-35(32-22-29(39)9-12-33(32)42-36)34-24-47(44-43-34)23-27-13-19-45(20-14-27)21-16-41-52(49,50)30-10-7-28(8-11-30)31-6-5-15-40-37(31)46-17-3-4-18-46/h5-12,15,22,24,26-27,41-42H,3-4,13-14,16-21,23,25H2,1-2H3. The number of ether oxygens (including phenoxy) is 1. The van der Waals surface area contributed by atoms with Gasteiger partial charge in [-0.25, -0.2) is 27.3 Å². The van der Waals surface area contributed by atoms with E-state index in [9.17, 15) is 17.6 Å². The number of benzene rings is 2. The molecule has 2 aliphatic heterocycles. The van der Waals surface area contributed by atoms with E-state index in [2.05, 4.69) is 34.8 Å². The first-order chi connectivity index (χ1) is 25.1. The Bertz CT molecular complexity index is 2120. The molecule has 274 valence electrons. The molecule has 0 spiro atoms. The van der Waals surface area contributed by atoms with Gasteiger partial charge < -0.3 is 19.5 Å². The predicted molar refractivity (Wildman–Crippen MR) is 198 cm³/mol. The SMILES string of the molecule is CC(C)COC(=O)c1[nH]c2ccc(F)cc2c1-c1cn(CC2CCN(CCNS(=O)(=O)c3ccc(-c4cccnc4N4CCCC4)cc3)CC2)nn1. The van der Waals surface area contributed by atoms with E-state index >= 15 is 0 Å². The Morgan fingerprint density at radius 2 is 1.83 bits per heavy atom. The van der Waals surface area contributed by atoms with Crippen molar-refractivity contribution in [2.24, 2.45) is 11.8 Å². The summed E-state index contributed by atoms with van der Waals surface area (Å²) in [5.74, 6) is 0.531. The first-order valence-electron chi connectivity index (χ1n) is 18.1. The lowest BCUT2D eigenvalue weighted by atomic mass is 9.97. The van der Waals surface area contributed by atoms with Crippen LogP contribution in [-0.4, -0.2) is 90.1 Å². The van der Waals surface area contributed by atoms with Crippen molar-refractivity contribution in [1.82, 2.24) is 34.6 Å². The van der Waals surface area contributed by atoms with E-state index in [4.69, 9.17) is 4.74 Å². The Morgan fingerprint density at radius 1 is 1.06 bits per heavy atom. The van der Waals surface area contributed by atoms with Crippen LogP contribution < -0.4 is 9.62 Å². The number of piperidine rings is 1. The largest absolute Gasteiger partial charge is 0.461 e. The van der Waals surface area contributed by atoms with Crippen LogP contribution in [0.1, 0.15) is 50.0 Å². The molecule has 0 aliphatic carbocycles. The molecule has 5 aromatic rings. The van der Waals surface area contributed by atoms with E-state index in [1.807, 2.05) is 38.1 Å². The summed E-state index contributed by atoms with van der Waals surface area (Å²) in [5, 5.41) is 9.26. The molecule has 52 heavy (non-hydrogen) atoms. The van der Waals surface area contributed by atoms with Crippen LogP contribution in [0.15, 0.2) is 71.9 Å². The number of pyridine rings is 1. The second-order valence-electron chi connectivity index (χ2n) is 14.2. The van der Waals surface area contributed by atoms with Crippen LogP contribution in [0.4, 0.5) is 10.2 Å². The van der Waals surface area contributed by atoms with Crippen molar-refractivity contribution in [3.05, 3.63) is 78.5 Å². The maximum atomic E-state index is 14.3. The fraction of sp³-hybridized carbons (Fsp3) is 0.421. The zero-order valence-electron chi connectivity index (χ0n) is 29.6. The smallest absolute Gasteiger partial charge is 0.355 e. The summed E-state index contributed by atoms with van der Waals surface area (Å²) in [6, 6.07) is 15.3. The number of H-pyrrole nitrogens is 1. The summed E-state index contributed by atoms with van der Waals surface area (Å²) < 4.78 is 50.6. The zero-order chi connectivity index (χ0) is 36.2. The van der Waals surface area contributed by atoms with E-state index in [0.29, 0.717) is 47.7 Å². The van der Waals surface area contributed by atoms with Crippen LogP contribution >= 0.6 is 0 Å². The molecule has 0 radical (unpaired) electrons. The van der Waals surface area contributed by atoms with Crippen molar-refractivity contribution in [3.8, 4) is 22.4 Å². The fourth-order valence-corrected chi connectivity index (χ4v) is 8.12. The van der Waals surface area contributed by atoms with Crippen LogP contribution in [0.2, 0.25) is 0 Å². The van der Waals surface area contributed by atoms with Crippen molar-refractivity contribution in [2.45, 2.75) is 51.0 Å². The molecular formula is C38H45FN8O4S. The summed E-state index contributed by atoms with van der Waals surface area (Å²) in [6.45, 7) is 9.39. The summed E-state index contributed by atoms with van der Waals surface area (Å²) in [6.07, 6.45) is 7.74. The van der Waals surface area contributed by atoms with Gasteiger partial charge in [0.15, 0.2) is 0 Å². The number of likely N-dealkylation sites (tertiary alicyclic amines) is 1. The number of fused-ring (bicyclic) bond motifs is 1. The number of carbonyl (C=O) groups excluding carboxylic acids is 1. The molecule has 12 nitrogen and oxygen atoms in total. The molecule has 14 heteroatoms. The summed E-state index contributed by atoms with van der Waals surface area (Å²) >= 11 is 0. The fourth-order valence-electron chi connectivity index (χ4n) is 7.10. The molecule has 0 atom stereocenters. The van der Waals surface area contributed by atoms with Gasteiger partial charge in [-0.15, -0.1) is 5.10 Å². The van der Waals surface area contributed by atoms with Crippen LogP contribution in [0.3, 0.4) is 0 Å². The zero-order valence-corrected chi connectivity index (χ0v) is 30.4. The van der Waals surface area contributed by atoms with Crippen molar-refractivity contribution < 1.29 is 22.3 Å². The van der Waals surface area contributed by atoms with Crippen molar-refractivity contribution in [2.75, 3.05) is 50.8 Å². The van der Waals surface area contributed by atoms with E-state index < -0.39 is 21.8 Å². The Hall–Kier alpha value is -4.66. The van der Waals surface area contributed by atoms with Gasteiger partial charge in [0.1, 0.15) is 23.0 Å². The third-order valence-electron chi connectivity index (χ3n) is 9.85. The van der Waals surface area contributed by atoms with Gasteiger partial charge >= 0.3 is 5.97 Å². The average Bonchev–Trinajstić information content (AvgIpc) is 3.92. The monoisotopic (exact) mass is 728 g/mol. The minimum Gasteiger partial charge on any atom is -0.461 e. The van der Waals surface area contributed by atoms with Gasteiger partial charge in [0.2, 0.25) is 10.0 Å². The van der Waals surface area contributed by atoms with E-state index in [-0.39, 0.29) is 23.1 Å². The highest BCUT2D eigenvalue weighted by molar-refractivity contribution is 7.89. The van der Waals surface area contributed by atoms with Crippen LogP contribution in [0.5, 0.6) is 0 Å². The minimum absolute atomic E-state index is 0.168. The number of sulfonamides is 1. The number of nitrogens with one attached hydrogen (secondary N) is 2. The molecule has 0 saturated carbocycles. The predicted octanol–water partition coefficient (Wildman–Crippen LogP) is 5.73. The van der Waals surface area contributed by atoms with Crippen LogP contribution in [-0.2, 0) is 21.3 Å². The quantitative estimate of drug-likeness (QED) is 0.146. The number of rotatable bonds is 13. The molecule has 2 saturated heterocycles. The van der Waals surface area contributed by atoms with Gasteiger partial charge in [-0.3, -0.25) is 4.68 Å². The molecule has 2 aromatic carbocycles. The van der Waals surface area contributed by atoms with Gasteiger partial charge in [-0.05, 0) is 98.6 Å². The molecule has 3 aromatic heterocycles. The van der Waals surface area contributed by atoms with Gasteiger partial charge in [-0.1, -0.05) is 31.2 Å². The summed E-state index contributed by atoms with van der Waals surface area (Å²) in [5.41, 5.74) is 3.74. The highest BCUT2D eigenvalue weighted by atomic mass is 32.2. The number of aromatic nitrogens is 5. The number of nitrogens with zero attached hydrogens (tertiary/aromatic N) is 6. The maximum Gasteiger partial charge on any atom is 0.355 e. The molecule has 0 amide bonds. The molecule has 2 N–H and O–H groups in total. The Labute approximate surface area is 303 Å². The molecule has 0 bridgehead atoms. The summed E-state index contributed by atoms with van der Waals surface area (Å²) in [7, 11) is -3.66. The highest BCUT2D eigenvalue weighted by Gasteiger charge is 2.25. The second-order valence-corrected chi connectivity index (χ2v) is 15.9. The maximum absolute atomic E-state index is 14.3. The van der Waals surface area contributed by atoms with Gasteiger partial charge in [0.25, 0.3) is 0 Å². The Balaban J connectivity index is 0.916. The number of aromatic amines is 1. The van der Waals surface area contributed by atoms with Gasteiger partial charge in [0, 0.05) is 61.0 Å². The number of hydrogen-bond acceptors (Lipinski definition) is 9. The van der Waals surface area contributed by atoms with Gasteiger partial charge in [-0.2, -0.15) is 0 Å². The van der Waals surface area contributed by atoms with Crippen LogP contribution in [0.25, 0.3) is 33.3 Å². The lowest BCUT2D eigenvalue weighted by Gasteiger charge is -2.31. The topological polar surface area (TPSA) is 138 Å². The van der Waals surface area contributed by atoms with E-state index in [1.165, 1.54) is 12.1 Å². The van der Waals surface area contributed by atoms with Crippen molar-refractivity contribution in [3.63, 3.8) is 0 Å². The third kappa shape index (κ3) is 8.03. The Kier molecular flexibility index (Phi) is 10.7. The third-order valence-corrected chi connectivity index (χ3v) is 11.3. The summed E-state index contributed by atoms with van der Waals surface area (Å²) in [4.78, 5) is 25.5. The van der Waals surface area contributed by atoms with Crippen LogP contribution in [0, 0.1) is 17.7 Å². The first kappa shape index (κ1) is 35.7.